The second-order valence-corrected chi connectivity index (χ2v) is 6.15. The normalized spacial score (nSPS) is 16.0. The average molecular weight is 341 g/mol. The topological polar surface area (TPSA) is 91.5 Å². The number of imidazole rings is 1. The van der Waals surface area contributed by atoms with Crippen molar-refractivity contribution in [2.45, 2.75) is 32.4 Å². The second-order valence-electron chi connectivity index (χ2n) is 6.15. The van der Waals surface area contributed by atoms with Crippen molar-refractivity contribution in [3.05, 3.63) is 46.9 Å². The van der Waals surface area contributed by atoms with Crippen molar-refractivity contribution in [2.24, 2.45) is 4.99 Å². The molecule has 1 aliphatic heterocycles. The van der Waals surface area contributed by atoms with E-state index >= 15 is 0 Å². The number of carbonyl (C=O) groups is 1. The molecule has 0 saturated carbocycles. The number of fused-ring (bicyclic) bond motifs is 1. The molecule has 1 unspecified atom stereocenters. The summed E-state index contributed by atoms with van der Waals surface area (Å²) in [6, 6.07) is 5.78. The van der Waals surface area contributed by atoms with Crippen molar-refractivity contribution in [2.75, 3.05) is 18.9 Å². The van der Waals surface area contributed by atoms with Crippen molar-refractivity contribution in [3.63, 3.8) is 0 Å². The monoisotopic (exact) mass is 341 g/mol. The quantitative estimate of drug-likeness (QED) is 0.771. The number of nitrogens with one attached hydrogen (secondary N) is 2. The fourth-order valence-corrected chi connectivity index (χ4v) is 2.98. The smallest absolute Gasteiger partial charge is 0.251 e. The number of hydrogen-bond donors (Lipinski definition) is 3. The lowest BCUT2D eigenvalue weighted by molar-refractivity contribution is 0.0963. The molecule has 1 aromatic heterocycles. The van der Waals surface area contributed by atoms with Crippen molar-refractivity contribution < 1.29 is 9.90 Å². The molecule has 0 fully saturated rings. The Labute approximate surface area is 146 Å². The SMILES string of the molecule is CNC(=O)c1ccc(C)c(CCCn2cnc3c2NC=NCC3O)c1. The Balaban J connectivity index is 1.68. The number of rotatable bonds is 5. The van der Waals surface area contributed by atoms with Crippen LogP contribution in [0.25, 0.3) is 0 Å². The summed E-state index contributed by atoms with van der Waals surface area (Å²) in [5.41, 5.74) is 3.66. The lowest BCUT2D eigenvalue weighted by Crippen LogP contribution is -2.18. The summed E-state index contributed by atoms with van der Waals surface area (Å²) in [7, 11) is 1.64. The molecule has 0 saturated heterocycles. The number of amides is 1. The van der Waals surface area contributed by atoms with E-state index in [9.17, 15) is 9.90 Å². The Morgan fingerprint density at radius 3 is 3.12 bits per heavy atom. The van der Waals surface area contributed by atoms with Gasteiger partial charge in [-0.1, -0.05) is 6.07 Å². The van der Waals surface area contributed by atoms with Gasteiger partial charge in [0.15, 0.2) is 0 Å². The summed E-state index contributed by atoms with van der Waals surface area (Å²) in [6.07, 6.45) is 4.43. The third-order valence-corrected chi connectivity index (χ3v) is 4.44. The van der Waals surface area contributed by atoms with Gasteiger partial charge < -0.3 is 20.3 Å². The van der Waals surface area contributed by atoms with Crippen molar-refractivity contribution in [3.8, 4) is 0 Å². The van der Waals surface area contributed by atoms with Gasteiger partial charge in [-0.2, -0.15) is 0 Å². The second kappa shape index (κ2) is 7.48. The third-order valence-electron chi connectivity index (χ3n) is 4.44. The molecule has 2 aromatic rings. The van der Waals surface area contributed by atoms with E-state index in [1.54, 1.807) is 19.7 Å². The van der Waals surface area contributed by atoms with Crippen LogP contribution in [0.1, 0.15) is 39.7 Å². The molecule has 1 aromatic carbocycles. The summed E-state index contributed by atoms with van der Waals surface area (Å²) in [6.45, 7) is 3.14. The van der Waals surface area contributed by atoms with E-state index in [0.717, 1.165) is 25.2 Å². The summed E-state index contributed by atoms with van der Waals surface area (Å²) in [5.74, 6) is 0.725. The number of aryl methyl sites for hydroxylation is 3. The maximum atomic E-state index is 11.8. The van der Waals surface area contributed by atoms with Crippen molar-refractivity contribution >= 4 is 18.1 Å². The average Bonchev–Trinajstić information content (AvgIpc) is 2.93. The molecule has 7 nitrogen and oxygen atoms in total. The lowest BCUT2D eigenvalue weighted by Gasteiger charge is -2.11. The number of hydrogen-bond acceptors (Lipinski definition) is 5. The predicted molar refractivity (Wildman–Crippen MR) is 97.1 cm³/mol. The molecule has 1 aliphatic rings. The molecule has 3 N–H and O–H groups in total. The molecular formula is C18H23N5O2. The van der Waals surface area contributed by atoms with Crippen LogP contribution in [0.5, 0.6) is 0 Å². The number of aliphatic hydroxyl groups is 1. The maximum absolute atomic E-state index is 11.8. The molecule has 1 amide bonds. The Morgan fingerprint density at radius 1 is 1.48 bits per heavy atom. The van der Waals surface area contributed by atoms with Gasteiger partial charge in [-0.25, -0.2) is 4.98 Å². The van der Waals surface area contributed by atoms with Gasteiger partial charge in [0, 0.05) is 19.2 Å². The minimum absolute atomic E-state index is 0.0707. The zero-order chi connectivity index (χ0) is 17.8. The Morgan fingerprint density at radius 2 is 2.32 bits per heavy atom. The van der Waals surface area contributed by atoms with Gasteiger partial charge in [0.25, 0.3) is 5.91 Å². The van der Waals surface area contributed by atoms with Gasteiger partial charge in [-0.3, -0.25) is 9.79 Å². The van der Waals surface area contributed by atoms with Crippen molar-refractivity contribution in [1.29, 1.82) is 0 Å². The van der Waals surface area contributed by atoms with E-state index in [1.165, 1.54) is 11.1 Å². The molecule has 3 rings (SSSR count). The number of nitrogens with zero attached hydrogens (tertiary/aromatic N) is 3. The zero-order valence-electron chi connectivity index (χ0n) is 14.5. The van der Waals surface area contributed by atoms with Crippen molar-refractivity contribution in [1.82, 2.24) is 14.9 Å². The highest BCUT2D eigenvalue weighted by Gasteiger charge is 2.19. The van der Waals surface area contributed by atoms with E-state index in [1.807, 2.05) is 22.8 Å². The molecule has 0 spiro atoms. The number of carbonyl (C=O) groups excluding carboxylic acids is 1. The molecule has 7 heteroatoms. The standard InChI is InChI=1S/C18H23N5O2/c1-12-5-6-14(18(25)19-2)8-13(12)4-3-7-23-11-22-16-15(24)9-20-10-21-17(16)23/h5-6,8,10-11,15,24H,3-4,7,9H2,1-2H3,(H,19,25)(H,20,21). The summed E-state index contributed by atoms with van der Waals surface area (Å²) in [4.78, 5) is 20.2. The summed E-state index contributed by atoms with van der Waals surface area (Å²) < 4.78 is 1.99. The van der Waals surface area contributed by atoms with Crippen LogP contribution in [-0.2, 0) is 13.0 Å². The zero-order valence-corrected chi connectivity index (χ0v) is 14.5. The molecule has 0 bridgehead atoms. The Hall–Kier alpha value is -2.67. The number of benzene rings is 1. The van der Waals surface area contributed by atoms with Crippen LogP contribution in [0.4, 0.5) is 5.82 Å². The first kappa shape index (κ1) is 17.2. The first-order chi connectivity index (χ1) is 12.1. The summed E-state index contributed by atoms with van der Waals surface area (Å²) >= 11 is 0. The molecule has 132 valence electrons. The third kappa shape index (κ3) is 3.71. The van der Waals surface area contributed by atoms with Gasteiger partial charge in [-0.05, 0) is 43.0 Å². The highest BCUT2D eigenvalue weighted by atomic mass is 16.3. The Kier molecular flexibility index (Phi) is 5.14. The van der Waals surface area contributed by atoms with Gasteiger partial charge in [0.2, 0.25) is 0 Å². The molecule has 0 radical (unpaired) electrons. The van der Waals surface area contributed by atoms with Crippen LogP contribution in [0.2, 0.25) is 0 Å². The number of aliphatic imine (C=N–C) groups is 1. The predicted octanol–water partition coefficient (Wildman–Crippen LogP) is 1.67. The van der Waals surface area contributed by atoms with Crippen LogP contribution in [-0.4, -0.2) is 40.5 Å². The highest BCUT2D eigenvalue weighted by molar-refractivity contribution is 5.94. The molecular weight excluding hydrogens is 318 g/mol. The van der Waals surface area contributed by atoms with E-state index in [2.05, 4.69) is 27.5 Å². The lowest BCUT2D eigenvalue weighted by atomic mass is 10.0. The summed E-state index contributed by atoms with van der Waals surface area (Å²) in [5, 5.41) is 15.8. The molecule has 0 aliphatic carbocycles. The van der Waals surface area contributed by atoms with Crippen LogP contribution < -0.4 is 10.6 Å². The largest absolute Gasteiger partial charge is 0.385 e. The maximum Gasteiger partial charge on any atom is 0.251 e. The minimum atomic E-state index is -0.672. The molecule has 2 heterocycles. The van der Waals surface area contributed by atoms with E-state index in [4.69, 9.17) is 0 Å². The molecule has 1 atom stereocenters. The number of aliphatic hydroxyl groups excluding tert-OH is 1. The fourth-order valence-electron chi connectivity index (χ4n) is 2.98. The fraction of sp³-hybridized carbons (Fsp3) is 0.389. The van der Waals surface area contributed by atoms with Crippen LogP contribution in [0, 0.1) is 6.92 Å². The van der Waals surface area contributed by atoms with Crippen LogP contribution >= 0.6 is 0 Å². The molecule has 25 heavy (non-hydrogen) atoms. The van der Waals surface area contributed by atoms with Gasteiger partial charge >= 0.3 is 0 Å². The number of aromatic nitrogens is 2. The highest BCUT2D eigenvalue weighted by Crippen LogP contribution is 2.24. The van der Waals surface area contributed by atoms with E-state index in [-0.39, 0.29) is 5.91 Å². The van der Waals surface area contributed by atoms with Gasteiger partial charge in [-0.15, -0.1) is 0 Å². The Bertz CT molecular complexity index is 797. The van der Waals surface area contributed by atoms with Gasteiger partial charge in [0.05, 0.1) is 19.2 Å². The van der Waals surface area contributed by atoms with Gasteiger partial charge in [0.1, 0.15) is 17.6 Å². The first-order valence-corrected chi connectivity index (χ1v) is 8.39. The van der Waals surface area contributed by atoms with Crippen LogP contribution in [0.15, 0.2) is 29.5 Å². The minimum Gasteiger partial charge on any atom is -0.385 e. The number of anilines is 1. The first-order valence-electron chi connectivity index (χ1n) is 8.39. The van der Waals surface area contributed by atoms with Crippen LogP contribution in [0.3, 0.4) is 0 Å². The van der Waals surface area contributed by atoms with E-state index in [0.29, 0.717) is 17.8 Å². The van der Waals surface area contributed by atoms with E-state index < -0.39 is 6.10 Å².